The molecule has 1 aromatic carbocycles. The molecular formula is C18H26O3. The van der Waals surface area contributed by atoms with E-state index >= 15 is 0 Å². The van der Waals surface area contributed by atoms with Crippen molar-refractivity contribution in [1.82, 2.24) is 0 Å². The Morgan fingerprint density at radius 3 is 2.76 bits per heavy atom. The molecule has 1 aliphatic carbocycles. The van der Waals surface area contributed by atoms with Gasteiger partial charge in [-0.3, -0.25) is 4.79 Å². The molecule has 0 spiro atoms. The molecule has 3 nitrogen and oxygen atoms in total. The normalized spacial score (nSPS) is 25.6. The molecule has 0 aliphatic heterocycles. The molecule has 0 amide bonds. The summed E-state index contributed by atoms with van der Waals surface area (Å²) in [6.45, 7) is 6.71. The Balaban J connectivity index is 2.34. The van der Waals surface area contributed by atoms with Crippen molar-refractivity contribution in [3.8, 4) is 5.75 Å². The minimum Gasteiger partial charge on any atom is -0.497 e. The summed E-state index contributed by atoms with van der Waals surface area (Å²) in [4.78, 5) is 13.1. The second-order valence-electron chi connectivity index (χ2n) is 6.14. The molecule has 1 fully saturated rings. The average Bonchev–Trinajstić information content (AvgIpc) is 2.46. The second kappa shape index (κ2) is 6.61. The largest absolute Gasteiger partial charge is 0.497 e. The van der Waals surface area contributed by atoms with E-state index < -0.39 is 5.60 Å². The number of aryl methyl sites for hydroxylation is 1. The smallest absolute Gasteiger partial charge is 0.194 e. The van der Waals surface area contributed by atoms with Gasteiger partial charge in [-0.05, 0) is 62.8 Å². The van der Waals surface area contributed by atoms with Gasteiger partial charge >= 0.3 is 0 Å². The van der Waals surface area contributed by atoms with Crippen molar-refractivity contribution in [1.29, 1.82) is 0 Å². The molecule has 2 rings (SSSR count). The fraction of sp³-hybridized carbons (Fsp3) is 0.611. The Labute approximate surface area is 127 Å². The number of ether oxygens (including phenoxy) is 2. The van der Waals surface area contributed by atoms with E-state index in [0.717, 1.165) is 36.1 Å². The van der Waals surface area contributed by atoms with Crippen LogP contribution in [0.4, 0.5) is 0 Å². The molecule has 2 unspecified atom stereocenters. The number of Topliss-reactive ketones (excluding diaryl/α,β-unsaturated/α-hetero) is 1. The second-order valence-corrected chi connectivity index (χ2v) is 6.14. The molecule has 116 valence electrons. The Kier molecular flexibility index (Phi) is 5.04. The Hall–Kier alpha value is -1.35. The maximum Gasteiger partial charge on any atom is 0.194 e. The first-order valence-electron chi connectivity index (χ1n) is 7.86. The Morgan fingerprint density at radius 1 is 1.43 bits per heavy atom. The monoisotopic (exact) mass is 290 g/mol. The van der Waals surface area contributed by atoms with Gasteiger partial charge < -0.3 is 9.47 Å². The minimum atomic E-state index is -0.633. The van der Waals surface area contributed by atoms with Gasteiger partial charge in [-0.1, -0.05) is 13.3 Å². The minimum absolute atomic E-state index is 0.135. The number of methoxy groups -OCH3 is 1. The highest BCUT2D eigenvalue weighted by atomic mass is 16.5. The van der Waals surface area contributed by atoms with Crippen molar-refractivity contribution in [2.75, 3.05) is 13.7 Å². The summed E-state index contributed by atoms with van der Waals surface area (Å²) >= 11 is 0. The molecule has 1 aliphatic rings. The molecule has 0 N–H and O–H groups in total. The van der Waals surface area contributed by atoms with Crippen molar-refractivity contribution in [2.45, 2.75) is 52.1 Å². The standard InChI is InChI=1S/C18H26O3/c1-5-21-18(10-6-7-13(2)12-18)17(19)16-9-8-15(20-4)11-14(16)3/h8-9,11,13H,5-7,10,12H2,1-4H3. The topological polar surface area (TPSA) is 35.5 Å². The summed E-state index contributed by atoms with van der Waals surface area (Å²) in [5.41, 5.74) is 1.08. The number of benzene rings is 1. The van der Waals surface area contributed by atoms with Crippen molar-refractivity contribution in [3.63, 3.8) is 0 Å². The van der Waals surface area contributed by atoms with Crippen LogP contribution in [-0.4, -0.2) is 25.1 Å². The lowest BCUT2D eigenvalue weighted by molar-refractivity contribution is -0.0512. The van der Waals surface area contributed by atoms with Crippen molar-refractivity contribution in [2.24, 2.45) is 5.92 Å². The van der Waals surface area contributed by atoms with Crippen molar-refractivity contribution in [3.05, 3.63) is 29.3 Å². The van der Waals surface area contributed by atoms with Gasteiger partial charge in [-0.25, -0.2) is 0 Å². The van der Waals surface area contributed by atoms with E-state index in [1.54, 1.807) is 7.11 Å². The molecule has 0 saturated heterocycles. The van der Waals surface area contributed by atoms with E-state index in [1.807, 2.05) is 32.0 Å². The third kappa shape index (κ3) is 3.29. The van der Waals surface area contributed by atoms with Crippen LogP contribution in [0.25, 0.3) is 0 Å². The van der Waals surface area contributed by atoms with Crippen LogP contribution in [0.2, 0.25) is 0 Å². The lowest BCUT2D eigenvalue weighted by atomic mass is 9.74. The van der Waals surface area contributed by atoms with Crippen molar-refractivity contribution < 1.29 is 14.3 Å². The number of carbonyl (C=O) groups is 1. The molecule has 0 heterocycles. The van der Waals surface area contributed by atoms with Gasteiger partial charge in [-0.15, -0.1) is 0 Å². The van der Waals surface area contributed by atoms with Gasteiger partial charge in [0.15, 0.2) is 5.78 Å². The first-order valence-corrected chi connectivity index (χ1v) is 7.86. The SMILES string of the molecule is CCOC1(C(=O)c2ccc(OC)cc2C)CCCC(C)C1. The molecule has 0 radical (unpaired) electrons. The van der Waals surface area contributed by atoms with Crippen LogP contribution >= 0.6 is 0 Å². The van der Waals surface area contributed by atoms with E-state index in [-0.39, 0.29) is 5.78 Å². The summed E-state index contributed by atoms with van der Waals surface area (Å²) in [5, 5.41) is 0. The lowest BCUT2D eigenvalue weighted by Gasteiger charge is -2.38. The van der Waals surface area contributed by atoms with Crippen LogP contribution in [0.5, 0.6) is 5.75 Å². The number of hydrogen-bond acceptors (Lipinski definition) is 3. The zero-order valence-corrected chi connectivity index (χ0v) is 13.6. The summed E-state index contributed by atoms with van der Waals surface area (Å²) in [6.07, 6.45) is 3.90. The van der Waals surface area contributed by atoms with Gasteiger partial charge in [-0.2, -0.15) is 0 Å². The van der Waals surface area contributed by atoms with Gasteiger partial charge in [0.05, 0.1) is 7.11 Å². The maximum absolute atomic E-state index is 13.1. The highest BCUT2D eigenvalue weighted by Gasteiger charge is 2.43. The predicted octanol–water partition coefficient (Wildman–Crippen LogP) is 4.17. The molecular weight excluding hydrogens is 264 g/mol. The molecule has 21 heavy (non-hydrogen) atoms. The van der Waals surface area contributed by atoms with Crippen molar-refractivity contribution >= 4 is 5.78 Å². The maximum atomic E-state index is 13.1. The fourth-order valence-electron chi connectivity index (χ4n) is 3.45. The number of hydrogen-bond donors (Lipinski definition) is 0. The quantitative estimate of drug-likeness (QED) is 0.763. The molecule has 0 aromatic heterocycles. The first kappa shape index (κ1) is 16.0. The van der Waals surface area contributed by atoms with E-state index in [2.05, 4.69) is 6.92 Å². The van der Waals surface area contributed by atoms with Gasteiger partial charge in [0.2, 0.25) is 0 Å². The summed E-state index contributed by atoms with van der Waals surface area (Å²) in [7, 11) is 1.64. The summed E-state index contributed by atoms with van der Waals surface area (Å²) < 4.78 is 11.2. The molecule has 1 saturated carbocycles. The highest BCUT2D eigenvalue weighted by molar-refractivity contribution is 6.03. The molecule has 2 atom stereocenters. The van der Waals surface area contributed by atoms with Gasteiger partial charge in [0.25, 0.3) is 0 Å². The Morgan fingerprint density at radius 2 is 2.19 bits per heavy atom. The fourth-order valence-corrected chi connectivity index (χ4v) is 3.45. The summed E-state index contributed by atoms with van der Waals surface area (Å²) in [5.74, 6) is 1.45. The van der Waals surface area contributed by atoms with Crippen LogP contribution in [-0.2, 0) is 4.74 Å². The Bertz CT molecular complexity index is 505. The van der Waals surface area contributed by atoms with Crippen LogP contribution < -0.4 is 4.74 Å². The average molecular weight is 290 g/mol. The lowest BCUT2D eigenvalue weighted by Crippen LogP contribution is -2.45. The number of rotatable bonds is 5. The first-order chi connectivity index (χ1) is 10.0. The highest BCUT2D eigenvalue weighted by Crippen LogP contribution is 2.38. The molecule has 1 aromatic rings. The number of carbonyl (C=O) groups excluding carboxylic acids is 1. The van der Waals surface area contributed by atoms with Crippen LogP contribution in [0, 0.1) is 12.8 Å². The number of ketones is 1. The van der Waals surface area contributed by atoms with Gasteiger partial charge in [0.1, 0.15) is 11.4 Å². The molecule has 3 heteroatoms. The zero-order valence-electron chi connectivity index (χ0n) is 13.6. The van der Waals surface area contributed by atoms with E-state index in [0.29, 0.717) is 12.5 Å². The third-order valence-corrected chi connectivity index (χ3v) is 4.47. The van der Waals surface area contributed by atoms with Crippen LogP contribution in [0.3, 0.4) is 0 Å². The van der Waals surface area contributed by atoms with Crippen LogP contribution in [0.1, 0.15) is 55.5 Å². The zero-order chi connectivity index (χ0) is 15.5. The summed E-state index contributed by atoms with van der Waals surface area (Å²) in [6, 6.07) is 5.64. The van der Waals surface area contributed by atoms with E-state index in [4.69, 9.17) is 9.47 Å². The van der Waals surface area contributed by atoms with Gasteiger partial charge in [0, 0.05) is 12.2 Å². The third-order valence-electron chi connectivity index (χ3n) is 4.47. The molecule has 0 bridgehead atoms. The predicted molar refractivity (Wildman–Crippen MR) is 84.1 cm³/mol. The van der Waals surface area contributed by atoms with E-state index in [1.165, 1.54) is 6.42 Å². The van der Waals surface area contributed by atoms with E-state index in [9.17, 15) is 4.79 Å². The van der Waals surface area contributed by atoms with Crippen LogP contribution in [0.15, 0.2) is 18.2 Å².